The zero-order chi connectivity index (χ0) is 15.0. The molecule has 2 fully saturated rings. The number of alkyl halides is 2. The Hall–Kier alpha value is -1.20. The molecule has 2 unspecified atom stereocenters. The molecule has 2 atom stereocenters. The highest BCUT2D eigenvalue weighted by atomic mass is 19.3. The molecule has 3 nitrogen and oxygen atoms in total. The number of ether oxygens (including phenoxy) is 1. The fraction of sp³-hybridized carbons (Fsp3) is 0.625. The number of aliphatic hydroxyl groups is 1. The molecule has 2 heterocycles. The minimum atomic E-state index is -2.84. The van der Waals surface area contributed by atoms with Gasteiger partial charge in [0.2, 0.25) is 0 Å². The van der Waals surface area contributed by atoms with E-state index >= 15 is 0 Å². The Morgan fingerprint density at radius 3 is 2.57 bits per heavy atom. The van der Waals surface area contributed by atoms with Gasteiger partial charge in [-0.1, -0.05) is 18.6 Å². The zero-order valence-electron chi connectivity index (χ0n) is 12.1. The molecule has 1 aromatic carbocycles. The van der Waals surface area contributed by atoms with E-state index in [1.807, 2.05) is 0 Å². The quantitative estimate of drug-likeness (QED) is 0.930. The van der Waals surface area contributed by atoms with Crippen LogP contribution >= 0.6 is 0 Å². The summed E-state index contributed by atoms with van der Waals surface area (Å²) in [6.45, 7) is -2.84. The molecule has 2 bridgehead atoms. The lowest BCUT2D eigenvalue weighted by Crippen LogP contribution is -2.55. The number of hydrogen-bond acceptors (Lipinski definition) is 3. The number of benzene rings is 1. The summed E-state index contributed by atoms with van der Waals surface area (Å²) < 4.78 is 29.1. The number of halogens is 2. The number of fused-ring (bicyclic) bond motifs is 2. The van der Waals surface area contributed by atoms with E-state index in [0.29, 0.717) is 30.5 Å². The van der Waals surface area contributed by atoms with Crippen LogP contribution in [0, 0.1) is 0 Å². The Kier molecular flexibility index (Phi) is 3.88. The first-order valence-corrected chi connectivity index (χ1v) is 7.47. The van der Waals surface area contributed by atoms with Crippen LogP contribution in [-0.4, -0.2) is 35.7 Å². The van der Waals surface area contributed by atoms with Gasteiger partial charge in [0.1, 0.15) is 5.75 Å². The molecule has 0 spiro atoms. The van der Waals surface area contributed by atoms with Crippen LogP contribution in [-0.2, 0) is 5.60 Å². The molecule has 0 saturated carbocycles. The lowest BCUT2D eigenvalue weighted by molar-refractivity contribution is -0.0881. The molecule has 2 aliphatic heterocycles. The zero-order valence-corrected chi connectivity index (χ0v) is 12.1. The minimum absolute atomic E-state index is 0.111. The first-order chi connectivity index (χ1) is 9.98. The van der Waals surface area contributed by atoms with Crippen molar-refractivity contribution in [3.8, 4) is 5.75 Å². The van der Waals surface area contributed by atoms with Crippen LogP contribution in [0.4, 0.5) is 8.78 Å². The fourth-order valence-electron chi connectivity index (χ4n) is 3.85. The maximum atomic E-state index is 12.3. The average Bonchev–Trinajstić information content (AvgIpc) is 2.40. The lowest BCUT2D eigenvalue weighted by atomic mass is 9.73. The smallest absolute Gasteiger partial charge is 0.387 e. The molecule has 2 aliphatic rings. The van der Waals surface area contributed by atoms with Gasteiger partial charge in [-0.2, -0.15) is 8.78 Å². The molecule has 3 rings (SSSR count). The van der Waals surface area contributed by atoms with Gasteiger partial charge in [0.15, 0.2) is 0 Å². The highest BCUT2D eigenvalue weighted by Crippen LogP contribution is 2.44. The van der Waals surface area contributed by atoms with E-state index < -0.39 is 12.2 Å². The SMILES string of the molecule is CN1C2CCCC1CC(O)(c1cccc(OC(F)F)c1)C2. The summed E-state index contributed by atoms with van der Waals surface area (Å²) in [6, 6.07) is 7.24. The van der Waals surface area contributed by atoms with Gasteiger partial charge in [0.25, 0.3) is 0 Å². The molecular weight excluding hydrogens is 276 g/mol. The van der Waals surface area contributed by atoms with Gasteiger partial charge in [-0.3, -0.25) is 0 Å². The Labute approximate surface area is 123 Å². The van der Waals surface area contributed by atoms with Crippen molar-refractivity contribution in [2.45, 2.75) is 56.4 Å². The largest absolute Gasteiger partial charge is 0.435 e. The molecule has 116 valence electrons. The fourth-order valence-corrected chi connectivity index (χ4v) is 3.85. The van der Waals surface area contributed by atoms with E-state index in [1.54, 1.807) is 18.2 Å². The van der Waals surface area contributed by atoms with E-state index in [9.17, 15) is 13.9 Å². The minimum Gasteiger partial charge on any atom is -0.435 e. The normalized spacial score (nSPS) is 33.2. The van der Waals surface area contributed by atoms with Crippen molar-refractivity contribution in [2.24, 2.45) is 0 Å². The van der Waals surface area contributed by atoms with Gasteiger partial charge in [-0.25, -0.2) is 0 Å². The van der Waals surface area contributed by atoms with Crippen LogP contribution in [0.1, 0.15) is 37.7 Å². The predicted molar refractivity (Wildman–Crippen MR) is 75.4 cm³/mol. The summed E-state index contributed by atoms with van der Waals surface area (Å²) in [5.41, 5.74) is -0.255. The summed E-state index contributed by atoms with van der Waals surface area (Å²) in [5.74, 6) is 0.111. The van der Waals surface area contributed by atoms with Crippen LogP contribution in [0.15, 0.2) is 24.3 Å². The van der Waals surface area contributed by atoms with Crippen LogP contribution < -0.4 is 4.74 Å². The van der Waals surface area contributed by atoms with Gasteiger partial charge in [-0.15, -0.1) is 0 Å². The maximum Gasteiger partial charge on any atom is 0.387 e. The molecule has 0 aliphatic carbocycles. The highest BCUT2D eigenvalue weighted by Gasteiger charge is 2.44. The summed E-state index contributed by atoms with van der Waals surface area (Å²) in [7, 11) is 2.12. The van der Waals surface area contributed by atoms with Crippen molar-refractivity contribution in [1.82, 2.24) is 4.90 Å². The summed E-state index contributed by atoms with van der Waals surface area (Å²) in [4.78, 5) is 2.36. The predicted octanol–water partition coefficient (Wildman–Crippen LogP) is 3.12. The van der Waals surface area contributed by atoms with Crippen molar-refractivity contribution in [3.63, 3.8) is 0 Å². The highest BCUT2D eigenvalue weighted by molar-refractivity contribution is 5.33. The second-order valence-electron chi connectivity index (χ2n) is 6.25. The van der Waals surface area contributed by atoms with E-state index in [0.717, 1.165) is 12.8 Å². The molecule has 21 heavy (non-hydrogen) atoms. The second-order valence-corrected chi connectivity index (χ2v) is 6.25. The Morgan fingerprint density at radius 1 is 1.29 bits per heavy atom. The summed E-state index contributed by atoms with van der Waals surface area (Å²) in [6.07, 6.45) is 4.67. The third-order valence-corrected chi connectivity index (χ3v) is 4.97. The summed E-state index contributed by atoms with van der Waals surface area (Å²) in [5, 5.41) is 11.1. The Morgan fingerprint density at radius 2 is 1.95 bits per heavy atom. The molecule has 0 radical (unpaired) electrons. The standard InChI is InChI=1S/C16H21F2NO2/c1-19-12-5-3-6-13(19)10-16(20,9-12)11-4-2-7-14(8-11)21-15(17)18/h2,4,7-8,12-13,15,20H,3,5-6,9-10H2,1H3. The van der Waals surface area contributed by atoms with E-state index in [2.05, 4.69) is 16.7 Å². The van der Waals surface area contributed by atoms with Gasteiger partial charge in [0, 0.05) is 12.1 Å². The van der Waals surface area contributed by atoms with Crippen LogP contribution in [0.2, 0.25) is 0 Å². The first kappa shape index (κ1) is 14.7. The second kappa shape index (κ2) is 5.54. The number of hydrogen-bond donors (Lipinski definition) is 1. The van der Waals surface area contributed by atoms with Crippen LogP contribution in [0.3, 0.4) is 0 Å². The lowest BCUT2D eigenvalue weighted by Gasteiger charge is -2.50. The van der Waals surface area contributed by atoms with Gasteiger partial charge < -0.3 is 14.7 Å². The van der Waals surface area contributed by atoms with Crippen molar-refractivity contribution in [3.05, 3.63) is 29.8 Å². The topological polar surface area (TPSA) is 32.7 Å². The van der Waals surface area contributed by atoms with Crippen molar-refractivity contribution >= 4 is 0 Å². The molecule has 0 aromatic heterocycles. The Bertz CT molecular complexity index is 495. The first-order valence-electron chi connectivity index (χ1n) is 7.47. The molecular formula is C16H21F2NO2. The van der Waals surface area contributed by atoms with Crippen molar-refractivity contribution < 1.29 is 18.6 Å². The maximum absolute atomic E-state index is 12.3. The van der Waals surface area contributed by atoms with Gasteiger partial charge in [-0.05, 0) is 50.4 Å². The van der Waals surface area contributed by atoms with Gasteiger partial charge >= 0.3 is 6.61 Å². The monoisotopic (exact) mass is 297 g/mol. The molecule has 5 heteroatoms. The van der Waals surface area contributed by atoms with Crippen molar-refractivity contribution in [2.75, 3.05) is 7.05 Å². The number of rotatable bonds is 3. The molecule has 0 amide bonds. The summed E-state index contributed by atoms with van der Waals surface area (Å²) >= 11 is 0. The molecule has 1 N–H and O–H groups in total. The van der Waals surface area contributed by atoms with E-state index in [-0.39, 0.29) is 5.75 Å². The van der Waals surface area contributed by atoms with E-state index in [1.165, 1.54) is 12.5 Å². The van der Waals surface area contributed by atoms with Gasteiger partial charge in [0.05, 0.1) is 5.60 Å². The third kappa shape index (κ3) is 2.90. The van der Waals surface area contributed by atoms with Crippen LogP contribution in [0.25, 0.3) is 0 Å². The van der Waals surface area contributed by atoms with Crippen LogP contribution in [0.5, 0.6) is 5.75 Å². The Balaban J connectivity index is 1.85. The molecule has 2 saturated heterocycles. The number of piperidine rings is 2. The van der Waals surface area contributed by atoms with Crippen molar-refractivity contribution in [1.29, 1.82) is 0 Å². The number of nitrogens with zero attached hydrogens (tertiary/aromatic N) is 1. The third-order valence-electron chi connectivity index (χ3n) is 4.97. The van der Waals surface area contributed by atoms with E-state index in [4.69, 9.17) is 0 Å². The average molecular weight is 297 g/mol. The molecule has 1 aromatic rings.